The Kier molecular flexibility index (Phi) is 2.64. The van der Waals surface area contributed by atoms with E-state index in [-0.39, 0.29) is 0 Å². The number of hydrogen-bond donors (Lipinski definition) is 0. The number of pyridine rings is 1. The lowest BCUT2D eigenvalue weighted by Gasteiger charge is -2.01. The van der Waals surface area contributed by atoms with Gasteiger partial charge < -0.3 is 0 Å². The molecule has 0 aliphatic heterocycles. The van der Waals surface area contributed by atoms with E-state index in [9.17, 15) is 0 Å². The summed E-state index contributed by atoms with van der Waals surface area (Å²) >= 11 is 0. The summed E-state index contributed by atoms with van der Waals surface area (Å²) in [6, 6.07) is 4.27. The highest BCUT2D eigenvalue weighted by Crippen LogP contribution is 2.05. The molecule has 1 aromatic heterocycles. The highest BCUT2D eigenvalue weighted by Gasteiger charge is 1.94. The molecule has 0 saturated carbocycles. The van der Waals surface area contributed by atoms with Gasteiger partial charge in [0.1, 0.15) is 0 Å². The molecule has 60 valence electrons. The predicted octanol–water partition coefficient (Wildman–Crippen LogP) is 2.65. The van der Waals surface area contributed by atoms with Crippen molar-refractivity contribution in [3.05, 3.63) is 29.1 Å². The average molecular weight is 149 g/mol. The maximum absolute atomic E-state index is 4.42. The summed E-state index contributed by atoms with van der Waals surface area (Å²) in [5.41, 5.74) is 3.68. The van der Waals surface area contributed by atoms with Crippen molar-refractivity contribution in [2.24, 2.45) is 0 Å². The van der Waals surface area contributed by atoms with Gasteiger partial charge in [0.2, 0.25) is 0 Å². The first-order chi connectivity index (χ1) is 5.22. The summed E-state index contributed by atoms with van der Waals surface area (Å²) < 4.78 is 0. The van der Waals surface area contributed by atoms with Crippen molar-refractivity contribution in [3.8, 4) is 0 Å². The summed E-state index contributed by atoms with van der Waals surface area (Å²) in [7, 11) is 0. The van der Waals surface area contributed by atoms with Crippen LogP contribution in [-0.4, -0.2) is 4.98 Å². The van der Waals surface area contributed by atoms with Gasteiger partial charge in [-0.1, -0.05) is 13.3 Å². The van der Waals surface area contributed by atoms with Gasteiger partial charge in [-0.3, -0.25) is 4.98 Å². The van der Waals surface area contributed by atoms with Gasteiger partial charge >= 0.3 is 0 Å². The van der Waals surface area contributed by atoms with Crippen molar-refractivity contribution in [1.29, 1.82) is 0 Å². The first kappa shape index (κ1) is 8.25. The third-order valence-electron chi connectivity index (χ3n) is 1.66. The van der Waals surface area contributed by atoms with Crippen molar-refractivity contribution in [2.75, 3.05) is 0 Å². The van der Waals surface area contributed by atoms with Crippen molar-refractivity contribution in [2.45, 2.75) is 33.6 Å². The molecule has 0 amide bonds. The zero-order valence-corrected chi connectivity index (χ0v) is 7.52. The molecule has 1 aromatic rings. The Morgan fingerprint density at radius 3 is 2.55 bits per heavy atom. The maximum Gasteiger partial charge on any atom is 0.0409 e. The van der Waals surface area contributed by atoms with Gasteiger partial charge in [0.15, 0.2) is 0 Å². The largest absolute Gasteiger partial charge is 0.258 e. The number of rotatable bonds is 2. The quantitative estimate of drug-likeness (QED) is 0.630. The summed E-state index contributed by atoms with van der Waals surface area (Å²) in [5, 5.41) is 0. The molecule has 0 aromatic carbocycles. The van der Waals surface area contributed by atoms with Crippen molar-refractivity contribution >= 4 is 0 Å². The van der Waals surface area contributed by atoms with Gasteiger partial charge in [0, 0.05) is 11.4 Å². The van der Waals surface area contributed by atoms with Crippen LogP contribution in [0, 0.1) is 13.8 Å². The fourth-order valence-corrected chi connectivity index (χ4v) is 1.31. The molecule has 0 atom stereocenters. The molecule has 1 rings (SSSR count). The summed E-state index contributed by atoms with van der Waals surface area (Å²) in [4.78, 5) is 4.42. The summed E-state index contributed by atoms with van der Waals surface area (Å²) in [5.74, 6) is 0. The molecule has 0 spiro atoms. The molecule has 0 aliphatic rings. The Morgan fingerprint density at radius 2 is 2.00 bits per heavy atom. The molecule has 0 radical (unpaired) electrons. The maximum atomic E-state index is 4.42. The van der Waals surface area contributed by atoms with Crippen molar-refractivity contribution < 1.29 is 0 Å². The third kappa shape index (κ3) is 2.34. The molecule has 0 bridgehead atoms. The zero-order chi connectivity index (χ0) is 8.27. The fourth-order valence-electron chi connectivity index (χ4n) is 1.31. The van der Waals surface area contributed by atoms with Crippen LogP contribution in [0.25, 0.3) is 0 Å². The second-order valence-corrected chi connectivity index (χ2v) is 3.03. The van der Waals surface area contributed by atoms with Crippen molar-refractivity contribution in [1.82, 2.24) is 4.98 Å². The molecule has 0 saturated heterocycles. The van der Waals surface area contributed by atoms with Crippen LogP contribution in [0.3, 0.4) is 0 Å². The molecular weight excluding hydrogens is 134 g/mol. The van der Waals surface area contributed by atoms with Crippen LogP contribution in [0.5, 0.6) is 0 Å². The van der Waals surface area contributed by atoms with E-state index in [1.54, 1.807) is 0 Å². The van der Waals surface area contributed by atoms with Crippen LogP contribution in [0.15, 0.2) is 12.1 Å². The summed E-state index contributed by atoms with van der Waals surface area (Å²) in [6.45, 7) is 6.35. The Balaban J connectivity index is 2.89. The second-order valence-electron chi connectivity index (χ2n) is 3.03. The van der Waals surface area contributed by atoms with E-state index in [4.69, 9.17) is 0 Å². The second kappa shape index (κ2) is 3.51. The Morgan fingerprint density at radius 1 is 1.27 bits per heavy atom. The monoisotopic (exact) mass is 149 g/mol. The van der Waals surface area contributed by atoms with E-state index >= 15 is 0 Å². The van der Waals surface area contributed by atoms with Crippen LogP contribution in [-0.2, 0) is 6.42 Å². The van der Waals surface area contributed by atoms with E-state index in [0.29, 0.717) is 0 Å². The minimum atomic E-state index is 1.10. The minimum Gasteiger partial charge on any atom is -0.258 e. The highest BCUT2D eigenvalue weighted by atomic mass is 14.7. The first-order valence-electron chi connectivity index (χ1n) is 4.16. The number of nitrogens with zero attached hydrogens (tertiary/aromatic N) is 1. The van der Waals surface area contributed by atoms with Gasteiger partial charge in [-0.15, -0.1) is 0 Å². The van der Waals surface area contributed by atoms with Crippen LogP contribution in [0.1, 0.15) is 30.3 Å². The number of aromatic nitrogens is 1. The Bertz CT molecular complexity index is 220. The lowest BCUT2D eigenvalue weighted by Crippen LogP contribution is -1.92. The molecule has 0 fully saturated rings. The van der Waals surface area contributed by atoms with Gasteiger partial charge in [0.05, 0.1) is 0 Å². The third-order valence-corrected chi connectivity index (χ3v) is 1.66. The van der Waals surface area contributed by atoms with Gasteiger partial charge in [0.25, 0.3) is 0 Å². The molecular formula is C10H15N. The molecule has 1 nitrogen and oxygen atoms in total. The van der Waals surface area contributed by atoms with Crippen LogP contribution in [0.4, 0.5) is 0 Å². The lowest BCUT2D eigenvalue weighted by atomic mass is 10.1. The Hall–Kier alpha value is -0.850. The van der Waals surface area contributed by atoms with Gasteiger partial charge in [-0.25, -0.2) is 0 Å². The smallest absolute Gasteiger partial charge is 0.0409 e. The highest BCUT2D eigenvalue weighted by molar-refractivity contribution is 5.19. The van der Waals surface area contributed by atoms with Crippen LogP contribution in [0.2, 0.25) is 0 Å². The molecule has 1 heterocycles. The summed E-state index contributed by atoms with van der Waals surface area (Å²) in [6.07, 6.45) is 2.28. The normalized spacial score (nSPS) is 10.1. The van der Waals surface area contributed by atoms with Gasteiger partial charge in [-0.2, -0.15) is 0 Å². The lowest BCUT2D eigenvalue weighted by molar-refractivity contribution is 0.871. The van der Waals surface area contributed by atoms with Crippen LogP contribution >= 0.6 is 0 Å². The van der Waals surface area contributed by atoms with E-state index in [1.165, 1.54) is 17.7 Å². The number of hydrogen-bond acceptors (Lipinski definition) is 1. The Labute approximate surface area is 68.5 Å². The predicted molar refractivity (Wildman–Crippen MR) is 47.7 cm³/mol. The van der Waals surface area contributed by atoms with E-state index in [1.807, 2.05) is 6.92 Å². The first-order valence-corrected chi connectivity index (χ1v) is 4.16. The standard InChI is InChI=1S/C10H15N/c1-4-5-10-7-8(2)6-9(3)11-10/h6-7H,4-5H2,1-3H3. The fraction of sp³-hybridized carbons (Fsp3) is 0.500. The minimum absolute atomic E-state index is 1.10. The van der Waals surface area contributed by atoms with E-state index in [2.05, 4.69) is 31.0 Å². The zero-order valence-electron chi connectivity index (χ0n) is 7.52. The topological polar surface area (TPSA) is 12.9 Å². The molecule has 1 heteroatoms. The molecule has 0 unspecified atom stereocenters. The van der Waals surface area contributed by atoms with E-state index in [0.717, 1.165) is 12.1 Å². The van der Waals surface area contributed by atoms with Crippen LogP contribution < -0.4 is 0 Å². The molecule has 0 N–H and O–H groups in total. The SMILES string of the molecule is CCCc1cc(C)cc(C)n1. The van der Waals surface area contributed by atoms with E-state index < -0.39 is 0 Å². The van der Waals surface area contributed by atoms with Crippen molar-refractivity contribution in [3.63, 3.8) is 0 Å². The number of aryl methyl sites for hydroxylation is 3. The molecule has 11 heavy (non-hydrogen) atoms. The van der Waals surface area contributed by atoms with Gasteiger partial charge in [-0.05, 0) is 38.0 Å². The molecule has 0 aliphatic carbocycles. The average Bonchev–Trinajstić information content (AvgIpc) is 1.85.